The standard InChI is InChI=1S/C19H16FN5/c1-12-9-17-24-18(14-5-4-8-21-11-14)19(25(17)13(2)22-12)23-16-7-3-6-15(20)10-16/h3-11,23H,1-2H3. The number of aryl methyl sites for hydroxylation is 2. The van der Waals surface area contributed by atoms with E-state index in [9.17, 15) is 4.39 Å². The van der Waals surface area contributed by atoms with E-state index in [-0.39, 0.29) is 5.82 Å². The van der Waals surface area contributed by atoms with Crippen molar-refractivity contribution < 1.29 is 4.39 Å². The predicted molar refractivity (Wildman–Crippen MR) is 95.4 cm³/mol. The number of rotatable bonds is 3. The van der Waals surface area contributed by atoms with Crippen LogP contribution in [-0.2, 0) is 0 Å². The van der Waals surface area contributed by atoms with Gasteiger partial charge in [0.2, 0.25) is 0 Å². The van der Waals surface area contributed by atoms with Gasteiger partial charge in [-0.1, -0.05) is 6.07 Å². The summed E-state index contributed by atoms with van der Waals surface area (Å²) < 4.78 is 15.5. The maximum absolute atomic E-state index is 13.6. The third-order valence-corrected chi connectivity index (χ3v) is 3.93. The molecule has 0 unspecified atom stereocenters. The predicted octanol–water partition coefficient (Wildman–Crippen LogP) is 4.29. The molecule has 5 nitrogen and oxygen atoms in total. The number of nitrogens with zero attached hydrogens (tertiary/aromatic N) is 4. The van der Waals surface area contributed by atoms with Gasteiger partial charge in [0.25, 0.3) is 0 Å². The topological polar surface area (TPSA) is 55.1 Å². The second kappa shape index (κ2) is 5.98. The molecular formula is C19H16FN5. The van der Waals surface area contributed by atoms with E-state index < -0.39 is 0 Å². The Hall–Kier alpha value is -3.28. The highest BCUT2D eigenvalue weighted by Crippen LogP contribution is 2.31. The van der Waals surface area contributed by atoms with Crippen molar-refractivity contribution in [2.75, 3.05) is 5.32 Å². The van der Waals surface area contributed by atoms with Crippen LogP contribution in [0.1, 0.15) is 11.5 Å². The third-order valence-electron chi connectivity index (χ3n) is 3.93. The van der Waals surface area contributed by atoms with E-state index in [1.54, 1.807) is 18.5 Å². The van der Waals surface area contributed by atoms with Crippen LogP contribution in [0.2, 0.25) is 0 Å². The van der Waals surface area contributed by atoms with Crippen molar-refractivity contribution in [3.05, 3.63) is 72.2 Å². The van der Waals surface area contributed by atoms with Crippen LogP contribution in [0.5, 0.6) is 0 Å². The molecule has 124 valence electrons. The molecule has 0 saturated heterocycles. The summed E-state index contributed by atoms with van der Waals surface area (Å²) in [6, 6.07) is 12.1. The fraction of sp³-hybridized carbons (Fsp3) is 0.105. The SMILES string of the molecule is Cc1cc2nc(-c3cccnc3)c(Nc3cccc(F)c3)n2c(C)n1. The highest BCUT2D eigenvalue weighted by atomic mass is 19.1. The second-order valence-electron chi connectivity index (χ2n) is 5.82. The first-order valence-electron chi connectivity index (χ1n) is 7.91. The number of benzene rings is 1. The Labute approximate surface area is 144 Å². The van der Waals surface area contributed by atoms with Crippen molar-refractivity contribution >= 4 is 17.2 Å². The van der Waals surface area contributed by atoms with Gasteiger partial charge in [0, 0.05) is 35.4 Å². The molecular weight excluding hydrogens is 317 g/mol. The number of hydrogen-bond acceptors (Lipinski definition) is 4. The maximum Gasteiger partial charge on any atom is 0.144 e. The summed E-state index contributed by atoms with van der Waals surface area (Å²) in [5, 5.41) is 3.29. The molecule has 1 aromatic carbocycles. The molecule has 0 aliphatic carbocycles. The number of hydrogen-bond donors (Lipinski definition) is 1. The average Bonchev–Trinajstić information content (AvgIpc) is 2.94. The lowest BCUT2D eigenvalue weighted by Crippen LogP contribution is -2.02. The van der Waals surface area contributed by atoms with Gasteiger partial charge >= 0.3 is 0 Å². The summed E-state index contributed by atoms with van der Waals surface area (Å²) in [7, 11) is 0. The summed E-state index contributed by atoms with van der Waals surface area (Å²) in [6.45, 7) is 3.86. The number of nitrogens with one attached hydrogen (secondary N) is 1. The van der Waals surface area contributed by atoms with E-state index in [0.29, 0.717) is 5.69 Å². The molecule has 0 spiro atoms. The van der Waals surface area contributed by atoms with Crippen molar-refractivity contribution in [3.8, 4) is 11.3 Å². The molecule has 0 aliphatic heterocycles. The van der Waals surface area contributed by atoms with Crippen LogP contribution in [0, 0.1) is 19.7 Å². The van der Waals surface area contributed by atoms with Crippen molar-refractivity contribution in [1.29, 1.82) is 0 Å². The number of fused-ring (bicyclic) bond motifs is 1. The van der Waals surface area contributed by atoms with Crippen molar-refractivity contribution in [2.45, 2.75) is 13.8 Å². The number of halogens is 1. The van der Waals surface area contributed by atoms with Gasteiger partial charge in [-0.25, -0.2) is 14.4 Å². The fourth-order valence-corrected chi connectivity index (χ4v) is 2.91. The van der Waals surface area contributed by atoms with Crippen LogP contribution in [0.3, 0.4) is 0 Å². The molecule has 25 heavy (non-hydrogen) atoms. The van der Waals surface area contributed by atoms with Gasteiger partial charge in [-0.3, -0.25) is 9.38 Å². The third kappa shape index (κ3) is 2.82. The second-order valence-corrected chi connectivity index (χ2v) is 5.82. The minimum absolute atomic E-state index is 0.299. The maximum atomic E-state index is 13.6. The lowest BCUT2D eigenvalue weighted by molar-refractivity contribution is 0.628. The van der Waals surface area contributed by atoms with Gasteiger partial charge in [-0.05, 0) is 44.2 Å². The van der Waals surface area contributed by atoms with E-state index in [1.807, 2.05) is 42.5 Å². The van der Waals surface area contributed by atoms with E-state index in [1.165, 1.54) is 12.1 Å². The molecule has 0 aliphatic rings. The molecule has 0 fully saturated rings. The zero-order chi connectivity index (χ0) is 17.4. The van der Waals surface area contributed by atoms with E-state index in [0.717, 1.165) is 34.2 Å². The van der Waals surface area contributed by atoms with Gasteiger partial charge in [0.1, 0.15) is 28.8 Å². The van der Waals surface area contributed by atoms with Gasteiger partial charge < -0.3 is 5.32 Å². The van der Waals surface area contributed by atoms with Gasteiger partial charge in [-0.15, -0.1) is 0 Å². The Bertz CT molecular complexity index is 1060. The van der Waals surface area contributed by atoms with Crippen LogP contribution in [-0.4, -0.2) is 19.4 Å². The monoisotopic (exact) mass is 333 g/mol. The Morgan fingerprint density at radius 3 is 2.68 bits per heavy atom. The van der Waals surface area contributed by atoms with Crippen LogP contribution in [0.15, 0.2) is 54.9 Å². The first-order valence-corrected chi connectivity index (χ1v) is 7.91. The van der Waals surface area contributed by atoms with E-state index in [2.05, 4.69) is 15.3 Å². The number of anilines is 2. The zero-order valence-electron chi connectivity index (χ0n) is 13.9. The smallest absolute Gasteiger partial charge is 0.144 e. The number of pyridine rings is 1. The minimum atomic E-state index is -0.299. The summed E-state index contributed by atoms with van der Waals surface area (Å²) in [6.07, 6.45) is 3.48. The molecule has 0 saturated carbocycles. The normalized spacial score (nSPS) is 11.0. The van der Waals surface area contributed by atoms with Crippen LogP contribution < -0.4 is 5.32 Å². The molecule has 0 amide bonds. The lowest BCUT2D eigenvalue weighted by atomic mass is 10.2. The van der Waals surface area contributed by atoms with Crippen LogP contribution in [0.25, 0.3) is 16.9 Å². The molecule has 0 bridgehead atoms. The molecule has 3 heterocycles. The summed E-state index contributed by atoms with van der Waals surface area (Å²) in [5.74, 6) is 1.24. The molecule has 1 N–H and O–H groups in total. The minimum Gasteiger partial charge on any atom is -0.339 e. The molecule has 4 rings (SSSR count). The van der Waals surface area contributed by atoms with Gasteiger partial charge in [-0.2, -0.15) is 0 Å². The van der Waals surface area contributed by atoms with Crippen LogP contribution in [0.4, 0.5) is 15.9 Å². The lowest BCUT2D eigenvalue weighted by Gasteiger charge is -2.10. The molecule has 3 aromatic heterocycles. The van der Waals surface area contributed by atoms with E-state index >= 15 is 0 Å². The highest BCUT2D eigenvalue weighted by Gasteiger charge is 2.17. The number of imidazole rings is 1. The Kier molecular flexibility index (Phi) is 3.65. The van der Waals surface area contributed by atoms with Gasteiger partial charge in [0.15, 0.2) is 0 Å². The average molecular weight is 333 g/mol. The van der Waals surface area contributed by atoms with Crippen molar-refractivity contribution in [2.24, 2.45) is 0 Å². The quantitative estimate of drug-likeness (QED) is 0.608. The van der Waals surface area contributed by atoms with Crippen molar-refractivity contribution in [3.63, 3.8) is 0 Å². The number of aromatic nitrogens is 4. The van der Waals surface area contributed by atoms with Gasteiger partial charge in [0.05, 0.1) is 0 Å². The van der Waals surface area contributed by atoms with Crippen molar-refractivity contribution in [1.82, 2.24) is 19.4 Å². The molecule has 4 aromatic rings. The van der Waals surface area contributed by atoms with Crippen LogP contribution >= 0.6 is 0 Å². The highest BCUT2D eigenvalue weighted by molar-refractivity contribution is 5.79. The first-order chi connectivity index (χ1) is 12.1. The largest absolute Gasteiger partial charge is 0.339 e. The molecule has 0 radical (unpaired) electrons. The first kappa shape index (κ1) is 15.3. The molecule has 6 heteroatoms. The summed E-state index contributed by atoms with van der Waals surface area (Å²) in [5.41, 5.74) is 3.94. The Balaban J connectivity index is 1.96. The van der Waals surface area contributed by atoms with E-state index in [4.69, 9.17) is 4.98 Å². The summed E-state index contributed by atoms with van der Waals surface area (Å²) >= 11 is 0. The Morgan fingerprint density at radius 2 is 1.92 bits per heavy atom. The fourth-order valence-electron chi connectivity index (χ4n) is 2.91. The zero-order valence-corrected chi connectivity index (χ0v) is 13.9. The molecule has 0 atom stereocenters. The Morgan fingerprint density at radius 1 is 1.04 bits per heavy atom. The summed E-state index contributed by atoms with van der Waals surface area (Å²) in [4.78, 5) is 13.5.